The van der Waals surface area contributed by atoms with Gasteiger partial charge in [-0.25, -0.2) is 8.78 Å². The average molecular weight is 289 g/mol. The summed E-state index contributed by atoms with van der Waals surface area (Å²) in [5.41, 5.74) is 6.17. The van der Waals surface area contributed by atoms with Crippen molar-refractivity contribution in [3.05, 3.63) is 29.3 Å². The highest BCUT2D eigenvalue weighted by Gasteiger charge is 2.13. The van der Waals surface area contributed by atoms with Crippen LogP contribution in [0.5, 0.6) is 5.75 Å². The Morgan fingerprint density at radius 1 is 1.32 bits per heavy atom. The van der Waals surface area contributed by atoms with Crippen molar-refractivity contribution >= 4 is 11.8 Å². The second-order valence-corrected chi connectivity index (χ2v) is 5.86. The number of ether oxygens (including phenoxy) is 1. The molecule has 0 aromatic heterocycles. The topological polar surface area (TPSA) is 35.2 Å². The second-order valence-electron chi connectivity index (χ2n) is 4.47. The first-order valence-electron chi connectivity index (χ1n) is 6.48. The van der Waals surface area contributed by atoms with Crippen LogP contribution in [0.15, 0.2) is 12.1 Å². The van der Waals surface area contributed by atoms with Gasteiger partial charge in [0, 0.05) is 6.04 Å². The highest BCUT2D eigenvalue weighted by atomic mass is 32.2. The van der Waals surface area contributed by atoms with Crippen LogP contribution in [0.2, 0.25) is 0 Å². The lowest BCUT2D eigenvalue weighted by atomic mass is 10.1. The molecule has 1 atom stereocenters. The maximum atomic E-state index is 13.7. The summed E-state index contributed by atoms with van der Waals surface area (Å²) in [5, 5.41) is 0. The number of thioether (sulfide) groups is 1. The standard InChI is InChI=1S/C14H21F2NOS/c1-3-19-6-4-5-18-14-12(15)8-11(7-10(2)17)9-13(14)16/h8-10H,3-7,17H2,1-2H3. The van der Waals surface area contributed by atoms with E-state index >= 15 is 0 Å². The van der Waals surface area contributed by atoms with Gasteiger partial charge in [-0.1, -0.05) is 6.92 Å². The maximum Gasteiger partial charge on any atom is 0.190 e. The lowest BCUT2D eigenvalue weighted by molar-refractivity contribution is 0.285. The molecule has 19 heavy (non-hydrogen) atoms. The van der Waals surface area contributed by atoms with Gasteiger partial charge in [0.1, 0.15) is 0 Å². The molecule has 2 nitrogen and oxygen atoms in total. The van der Waals surface area contributed by atoms with Gasteiger partial charge in [-0.05, 0) is 49.0 Å². The number of benzene rings is 1. The molecule has 1 aromatic rings. The van der Waals surface area contributed by atoms with E-state index in [2.05, 4.69) is 6.92 Å². The molecule has 108 valence electrons. The second kappa shape index (κ2) is 8.38. The van der Waals surface area contributed by atoms with E-state index in [0.717, 1.165) is 17.9 Å². The Labute approximate surface area is 117 Å². The van der Waals surface area contributed by atoms with Crippen molar-refractivity contribution in [2.45, 2.75) is 32.7 Å². The van der Waals surface area contributed by atoms with Crippen molar-refractivity contribution in [1.29, 1.82) is 0 Å². The quantitative estimate of drug-likeness (QED) is 0.745. The van der Waals surface area contributed by atoms with E-state index in [4.69, 9.17) is 10.5 Å². The molecular weight excluding hydrogens is 268 g/mol. The third-order valence-electron chi connectivity index (χ3n) is 2.50. The number of hydrogen-bond donors (Lipinski definition) is 1. The molecule has 0 saturated carbocycles. The summed E-state index contributed by atoms with van der Waals surface area (Å²) in [4.78, 5) is 0. The van der Waals surface area contributed by atoms with Gasteiger partial charge in [0.2, 0.25) is 0 Å². The SMILES string of the molecule is CCSCCCOc1c(F)cc(CC(C)N)cc1F. The van der Waals surface area contributed by atoms with Crippen LogP contribution in [0, 0.1) is 11.6 Å². The van der Waals surface area contributed by atoms with E-state index in [0.29, 0.717) is 18.6 Å². The fraction of sp³-hybridized carbons (Fsp3) is 0.571. The molecule has 0 fully saturated rings. The van der Waals surface area contributed by atoms with Crippen LogP contribution in [0.3, 0.4) is 0 Å². The zero-order valence-corrected chi connectivity index (χ0v) is 12.2. The highest BCUT2D eigenvalue weighted by molar-refractivity contribution is 7.99. The maximum absolute atomic E-state index is 13.7. The van der Waals surface area contributed by atoms with Crippen LogP contribution in [0.25, 0.3) is 0 Å². The summed E-state index contributed by atoms with van der Waals surface area (Å²) in [5.74, 6) is 0.379. The third-order valence-corrected chi connectivity index (χ3v) is 3.48. The predicted molar refractivity (Wildman–Crippen MR) is 76.8 cm³/mol. The molecule has 1 rings (SSSR count). The van der Waals surface area contributed by atoms with Crippen LogP contribution in [-0.2, 0) is 6.42 Å². The first kappa shape index (κ1) is 16.2. The Morgan fingerprint density at radius 3 is 2.47 bits per heavy atom. The van der Waals surface area contributed by atoms with Crippen LogP contribution in [0.1, 0.15) is 25.8 Å². The van der Waals surface area contributed by atoms with Crippen LogP contribution in [-0.4, -0.2) is 24.2 Å². The van der Waals surface area contributed by atoms with Crippen LogP contribution >= 0.6 is 11.8 Å². The lowest BCUT2D eigenvalue weighted by Crippen LogP contribution is -2.18. The number of hydrogen-bond acceptors (Lipinski definition) is 3. The molecule has 1 aromatic carbocycles. The molecule has 0 spiro atoms. The van der Waals surface area contributed by atoms with Gasteiger partial charge in [0.15, 0.2) is 17.4 Å². The molecule has 5 heteroatoms. The molecule has 0 aliphatic rings. The average Bonchev–Trinajstić information content (AvgIpc) is 2.31. The summed E-state index contributed by atoms with van der Waals surface area (Å²) in [6.45, 7) is 4.20. The third kappa shape index (κ3) is 5.78. The molecule has 2 N–H and O–H groups in total. The van der Waals surface area contributed by atoms with Gasteiger partial charge in [0.25, 0.3) is 0 Å². The zero-order chi connectivity index (χ0) is 14.3. The molecule has 0 saturated heterocycles. The number of nitrogens with two attached hydrogens (primary N) is 1. The monoisotopic (exact) mass is 289 g/mol. The van der Waals surface area contributed by atoms with Gasteiger partial charge in [-0.3, -0.25) is 0 Å². The van der Waals surface area contributed by atoms with E-state index in [9.17, 15) is 8.78 Å². The molecule has 1 unspecified atom stereocenters. The molecule has 0 aliphatic carbocycles. The molecule has 0 radical (unpaired) electrons. The first-order valence-corrected chi connectivity index (χ1v) is 7.64. The van der Waals surface area contributed by atoms with Gasteiger partial charge in [-0.2, -0.15) is 11.8 Å². The Hall–Kier alpha value is -0.810. The minimum atomic E-state index is -0.654. The van der Waals surface area contributed by atoms with E-state index in [1.165, 1.54) is 12.1 Å². The zero-order valence-electron chi connectivity index (χ0n) is 11.4. The minimum absolute atomic E-state index is 0.128. The van der Waals surface area contributed by atoms with Gasteiger partial charge in [-0.15, -0.1) is 0 Å². The van der Waals surface area contributed by atoms with Crippen molar-refractivity contribution in [1.82, 2.24) is 0 Å². The Balaban J connectivity index is 2.59. The summed E-state index contributed by atoms with van der Waals surface area (Å²) in [6.07, 6.45) is 1.22. The fourth-order valence-electron chi connectivity index (χ4n) is 1.72. The molecule has 0 bridgehead atoms. The number of rotatable bonds is 8. The predicted octanol–water partition coefficient (Wildman–Crippen LogP) is 3.38. The smallest absolute Gasteiger partial charge is 0.190 e. The van der Waals surface area contributed by atoms with Crippen molar-refractivity contribution in [2.24, 2.45) is 5.73 Å². The van der Waals surface area contributed by atoms with E-state index in [-0.39, 0.29) is 11.8 Å². The lowest BCUT2D eigenvalue weighted by Gasteiger charge is -2.11. The Morgan fingerprint density at radius 2 is 1.95 bits per heavy atom. The van der Waals surface area contributed by atoms with Crippen molar-refractivity contribution in [3.63, 3.8) is 0 Å². The summed E-state index contributed by atoms with van der Waals surface area (Å²) in [7, 11) is 0. The molecular formula is C14H21F2NOS. The van der Waals surface area contributed by atoms with E-state index in [1.807, 2.05) is 0 Å². The van der Waals surface area contributed by atoms with Gasteiger partial charge in [0.05, 0.1) is 6.61 Å². The van der Waals surface area contributed by atoms with Crippen LogP contribution < -0.4 is 10.5 Å². The summed E-state index contributed by atoms with van der Waals surface area (Å²) in [6, 6.07) is 2.46. The Kier molecular flexibility index (Phi) is 7.16. The van der Waals surface area contributed by atoms with Gasteiger partial charge < -0.3 is 10.5 Å². The Bertz CT molecular complexity index is 376. The summed E-state index contributed by atoms with van der Waals surface area (Å²) >= 11 is 1.78. The normalized spacial score (nSPS) is 12.5. The van der Waals surface area contributed by atoms with Crippen molar-refractivity contribution in [3.8, 4) is 5.75 Å². The largest absolute Gasteiger partial charge is 0.488 e. The fourth-order valence-corrected chi connectivity index (χ4v) is 2.33. The van der Waals surface area contributed by atoms with Gasteiger partial charge >= 0.3 is 0 Å². The number of halogens is 2. The van der Waals surface area contributed by atoms with E-state index in [1.54, 1.807) is 18.7 Å². The van der Waals surface area contributed by atoms with E-state index < -0.39 is 11.6 Å². The summed E-state index contributed by atoms with van der Waals surface area (Å²) < 4.78 is 32.6. The first-order chi connectivity index (χ1) is 9.04. The van der Waals surface area contributed by atoms with Crippen molar-refractivity contribution < 1.29 is 13.5 Å². The molecule has 0 aliphatic heterocycles. The van der Waals surface area contributed by atoms with Crippen molar-refractivity contribution in [2.75, 3.05) is 18.1 Å². The molecule has 0 amide bonds. The highest BCUT2D eigenvalue weighted by Crippen LogP contribution is 2.24. The van der Waals surface area contributed by atoms with Crippen LogP contribution in [0.4, 0.5) is 8.78 Å². The minimum Gasteiger partial charge on any atom is -0.488 e. The molecule has 0 heterocycles.